The molecule has 0 heterocycles. The maximum Gasteiger partial charge on any atom is 0.220 e. The topological polar surface area (TPSA) is 50.4 Å². The fourth-order valence-corrected chi connectivity index (χ4v) is 1.28. The number of hydrogen-bond acceptors (Lipinski definition) is 3. The summed E-state index contributed by atoms with van der Waals surface area (Å²) in [4.78, 5) is 11.4. The lowest BCUT2D eigenvalue weighted by Crippen LogP contribution is -2.38. The Kier molecular flexibility index (Phi) is 14.9. The number of likely N-dealkylation sites (N-methyl/N-ethyl adjacent to an activating group) is 1. The number of nitrogens with one attached hydrogen (secondary N) is 2. The van der Waals surface area contributed by atoms with Crippen LogP contribution >= 0.6 is 12.4 Å². The number of halogens is 1. The Morgan fingerprint density at radius 2 is 2.24 bits per heavy atom. The van der Waals surface area contributed by atoms with E-state index in [9.17, 15) is 4.79 Å². The summed E-state index contributed by atoms with van der Waals surface area (Å²) in [5, 5.41) is 6.12. The molecule has 0 fully saturated rings. The second-order valence-electron chi connectivity index (χ2n) is 3.73. The SMILES string of the molecule is C=CCOCCCC(=O)NC[C@@H](C)NCC.Cl. The summed E-state index contributed by atoms with van der Waals surface area (Å²) in [6, 6.07) is 0.325. The van der Waals surface area contributed by atoms with Crippen molar-refractivity contribution in [2.75, 3.05) is 26.3 Å². The van der Waals surface area contributed by atoms with Gasteiger partial charge in [0.2, 0.25) is 5.91 Å². The van der Waals surface area contributed by atoms with E-state index >= 15 is 0 Å². The van der Waals surface area contributed by atoms with Gasteiger partial charge < -0.3 is 15.4 Å². The zero-order valence-corrected chi connectivity index (χ0v) is 11.6. The number of hydrogen-bond donors (Lipinski definition) is 2. The molecule has 0 unspecified atom stereocenters. The van der Waals surface area contributed by atoms with Gasteiger partial charge in [-0.1, -0.05) is 13.0 Å². The van der Waals surface area contributed by atoms with Crippen LogP contribution in [-0.2, 0) is 9.53 Å². The Labute approximate surface area is 111 Å². The summed E-state index contributed by atoms with van der Waals surface area (Å²) in [5.74, 6) is 0.0898. The van der Waals surface area contributed by atoms with Crippen molar-refractivity contribution in [3.8, 4) is 0 Å². The molecule has 1 atom stereocenters. The highest BCUT2D eigenvalue weighted by atomic mass is 35.5. The van der Waals surface area contributed by atoms with Crippen molar-refractivity contribution in [1.82, 2.24) is 10.6 Å². The molecule has 4 nitrogen and oxygen atoms in total. The lowest BCUT2D eigenvalue weighted by atomic mass is 10.3. The predicted octanol–water partition coefficient (Wildman–Crippen LogP) is 1.51. The molecule has 0 aliphatic heterocycles. The van der Waals surface area contributed by atoms with Crippen LogP contribution in [0.2, 0.25) is 0 Å². The van der Waals surface area contributed by atoms with E-state index < -0.39 is 0 Å². The first kappa shape index (κ1) is 18.8. The number of carbonyl (C=O) groups excluding carboxylic acids is 1. The van der Waals surface area contributed by atoms with Crippen molar-refractivity contribution >= 4 is 18.3 Å². The molecule has 2 N–H and O–H groups in total. The molecule has 1 amide bonds. The maximum absolute atomic E-state index is 11.4. The van der Waals surface area contributed by atoms with E-state index in [0.29, 0.717) is 32.2 Å². The van der Waals surface area contributed by atoms with Gasteiger partial charge >= 0.3 is 0 Å². The molecule has 0 rings (SSSR count). The second-order valence-corrected chi connectivity index (χ2v) is 3.73. The average molecular weight is 265 g/mol. The zero-order valence-electron chi connectivity index (χ0n) is 10.8. The molecule has 0 saturated carbocycles. The minimum atomic E-state index is 0. The molecule has 5 heteroatoms. The van der Waals surface area contributed by atoms with Crippen molar-refractivity contribution in [2.24, 2.45) is 0 Å². The van der Waals surface area contributed by atoms with Gasteiger partial charge in [-0.25, -0.2) is 0 Å². The Morgan fingerprint density at radius 3 is 2.82 bits per heavy atom. The molecular formula is C12H25ClN2O2. The monoisotopic (exact) mass is 264 g/mol. The third kappa shape index (κ3) is 13.4. The van der Waals surface area contributed by atoms with E-state index in [1.165, 1.54) is 0 Å². The largest absolute Gasteiger partial charge is 0.377 e. The van der Waals surface area contributed by atoms with Crippen LogP contribution in [0.4, 0.5) is 0 Å². The summed E-state index contributed by atoms with van der Waals surface area (Å²) in [6.07, 6.45) is 2.99. The normalized spacial score (nSPS) is 11.4. The van der Waals surface area contributed by atoms with E-state index in [1.54, 1.807) is 6.08 Å². The van der Waals surface area contributed by atoms with Gasteiger partial charge in [0.25, 0.3) is 0 Å². The zero-order chi connectivity index (χ0) is 12.2. The number of carbonyl (C=O) groups is 1. The number of ether oxygens (including phenoxy) is 1. The fourth-order valence-electron chi connectivity index (χ4n) is 1.28. The maximum atomic E-state index is 11.4. The summed E-state index contributed by atoms with van der Waals surface area (Å²) in [6.45, 7) is 10.4. The molecule has 0 aliphatic carbocycles. The van der Waals surface area contributed by atoms with Gasteiger partial charge in [0, 0.05) is 25.6 Å². The van der Waals surface area contributed by atoms with Gasteiger partial charge in [-0.3, -0.25) is 4.79 Å². The highest BCUT2D eigenvalue weighted by molar-refractivity contribution is 5.85. The van der Waals surface area contributed by atoms with Crippen LogP contribution in [0, 0.1) is 0 Å². The Bertz CT molecular complexity index is 201. The van der Waals surface area contributed by atoms with Crippen LogP contribution in [0.5, 0.6) is 0 Å². The Balaban J connectivity index is 0. The first-order chi connectivity index (χ1) is 7.70. The van der Waals surface area contributed by atoms with Crippen LogP contribution < -0.4 is 10.6 Å². The van der Waals surface area contributed by atoms with Crippen LogP contribution in [0.25, 0.3) is 0 Å². The summed E-state index contributed by atoms with van der Waals surface area (Å²) < 4.78 is 5.19. The first-order valence-electron chi connectivity index (χ1n) is 5.89. The predicted molar refractivity (Wildman–Crippen MR) is 73.6 cm³/mol. The third-order valence-electron chi connectivity index (χ3n) is 2.09. The lowest BCUT2D eigenvalue weighted by Gasteiger charge is -2.13. The van der Waals surface area contributed by atoms with Gasteiger partial charge in [0.05, 0.1) is 6.61 Å². The molecular weight excluding hydrogens is 240 g/mol. The molecule has 0 spiro atoms. The standard InChI is InChI=1S/C12H24N2O2.ClH/c1-4-8-16-9-6-7-12(15)14-10-11(3)13-5-2;/h4,11,13H,1,5-10H2,2-3H3,(H,14,15);1H/t11-;/m1./s1. The molecule has 0 aromatic carbocycles. The summed E-state index contributed by atoms with van der Waals surface area (Å²) in [5.41, 5.74) is 0. The second kappa shape index (κ2) is 13.5. The quantitative estimate of drug-likeness (QED) is 0.465. The molecule has 17 heavy (non-hydrogen) atoms. The molecule has 0 radical (unpaired) electrons. The molecule has 102 valence electrons. The fraction of sp³-hybridized carbons (Fsp3) is 0.750. The van der Waals surface area contributed by atoms with Gasteiger partial charge in [-0.05, 0) is 19.9 Å². The van der Waals surface area contributed by atoms with Crippen molar-refractivity contribution in [3.63, 3.8) is 0 Å². The summed E-state index contributed by atoms with van der Waals surface area (Å²) in [7, 11) is 0. The molecule has 0 saturated heterocycles. The minimum absolute atomic E-state index is 0. The molecule has 0 aliphatic rings. The highest BCUT2D eigenvalue weighted by Gasteiger charge is 2.03. The van der Waals surface area contributed by atoms with E-state index in [0.717, 1.165) is 13.0 Å². The van der Waals surface area contributed by atoms with Crippen molar-refractivity contribution in [3.05, 3.63) is 12.7 Å². The molecule has 0 aromatic heterocycles. The van der Waals surface area contributed by atoms with Crippen LogP contribution in [0.15, 0.2) is 12.7 Å². The van der Waals surface area contributed by atoms with E-state index in [2.05, 4.69) is 31.1 Å². The van der Waals surface area contributed by atoms with Gasteiger partial charge in [0.1, 0.15) is 0 Å². The molecule has 0 aromatic rings. The van der Waals surface area contributed by atoms with Crippen molar-refractivity contribution < 1.29 is 9.53 Å². The van der Waals surface area contributed by atoms with Gasteiger partial charge in [-0.2, -0.15) is 0 Å². The Hall–Kier alpha value is -0.580. The molecule has 0 bridgehead atoms. The van der Waals surface area contributed by atoms with Crippen LogP contribution in [-0.4, -0.2) is 38.3 Å². The number of rotatable bonds is 10. The highest BCUT2D eigenvalue weighted by Crippen LogP contribution is 1.91. The minimum Gasteiger partial charge on any atom is -0.377 e. The summed E-state index contributed by atoms with van der Waals surface area (Å²) >= 11 is 0. The Morgan fingerprint density at radius 1 is 1.53 bits per heavy atom. The van der Waals surface area contributed by atoms with E-state index in [4.69, 9.17) is 4.74 Å². The number of amides is 1. The van der Waals surface area contributed by atoms with Gasteiger partial charge in [0.15, 0.2) is 0 Å². The van der Waals surface area contributed by atoms with Crippen molar-refractivity contribution in [1.29, 1.82) is 0 Å². The first-order valence-corrected chi connectivity index (χ1v) is 5.89. The van der Waals surface area contributed by atoms with Crippen LogP contribution in [0.1, 0.15) is 26.7 Å². The van der Waals surface area contributed by atoms with E-state index in [1.807, 2.05) is 0 Å². The van der Waals surface area contributed by atoms with E-state index in [-0.39, 0.29) is 18.3 Å². The van der Waals surface area contributed by atoms with Gasteiger partial charge in [-0.15, -0.1) is 19.0 Å². The smallest absolute Gasteiger partial charge is 0.220 e. The van der Waals surface area contributed by atoms with Crippen LogP contribution in [0.3, 0.4) is 0 Å². The van der Waals surface area contributed by atoms with Crippen molar-refractivity contribution in [2.45, 2.75) is 32.7 Å². The lowest BCUT2D eigenvalue weighted by molar-refractivity contribution is -0.121. The third-order valence-corrected chi connectivity index (χ3v) is 2.09. The average Bonchev–Trinajstić information content (AvgIpc) is 2.26.